The van der Waals surface area contributed by atoms with Crippen molar-refractivity contribution in [2.24, 2.45) is 0 Å². The Balaban J connectivity index is 2.05. The summed E-state index contributed by atoms with van der Waals surface area (Å²) in [7, 11) is 3.67. The quantitative estimate of drug-likeness (QED) is 0.921. The number of methoxy groups -OCH3 is 1. The van der Waals surface area contributed by atoms with E-state index in [-0.39, 0.29) is 0 Å². The third kappa shape index (κ3) is 1.91. The summed E-state index contributed by atoms with van der Waals surface area (Å²) < 4.78 is 5.28. The Morgan fingerprint density at radius 2 is 2.28 bits per heavy atom. The van der Waals surface area contributed by atoms with Crippen molar-refractivity contribution in [1.82, 2.24) is 10.3 Å². The van der Waals surface area contributed by atoms with Crippen LogP contribution in [0.5, 0.6) is 5.75 Å². The Labute approximate surface area is 111 Å². The molecule has 0 saturated heterocycles. The highest BCUT2D eigenvalue weighted by Crippen LogP contribution is 2.37. The van der Waals surface area contributed by atoms with Crippen LogP contribution in [0.4, 0.5) is 0 Å². The molecule has 0 bridgehead atoms. The van der Waals surface area contributed by atoms with Gasteiger partial charge in [0.05, 0.1) is 12.8 Å². The molecule has 0 amide bonds. The number of ether oxygens (including phenoxy) is 1. The van der Waals surface area contributed by atoms with E-state index in [1.807, 2.05) is 24.5 Å². The molecule has 3 nitrogen and oxygen atoms in total. The van der Waals surface area contributed by atoms with Crippen molar-refractivity contribution in [3.8, 4) is 17.0 Å². The van der Waals surface area contributed by atoms with Crippen LogP contribution in [-0.4, -0.2) is 19.1 Å². The van der Waals surface area contributed by atoms with E-state index in [0.717, 1.165) is 25.1 Å². The SMILES string of the molecule is CNCc1nc2c(s1)CCc1cc(OC)ccc1-2. The summed E-state index contributed by atoms with van der Waals surface area (Å²) in [5.41, 5.74) is 3.80. The number of nitrogens with zero attached hydrogens (tertiary/aromatic N) is 1. The summed E-state index contributed by atoms with van der Waals surface area (Å²) >= 11 is 1.83. The molecule has 0 radical (unpaired) electrons. The normalized spacial score (nSPS) is 13.0. The molecule has 1 aromatic carbocycles. The number of aromatic nitrogens is 1. The summed E-state index contributed by atoms with van der Waals surface area (Å²) in [5, 5.41) is 4.34. The van der Waals surface area contributed by atoms with E-state index in [9.17, 15) is 0 Å². The first-order valence-electron chi connectivity index (χ1n) is 6.12. The van der Waals surface area contributed by atoms with Gasteiger partial charge in [-0.3, -0.25) is 0 Å². The summed E-state index contributed by atoms with van der Waals surface area (Å²) in [6, 6.07) is 6.29. The van der Waals surface area contributed by atoms with Gasteiger partial charge in [-0.25, -0.2) is 4.98 Å². The lowest BCUT2D eigenvalue weighted by atomic mass is 9.93. The number of hydrogen-bond donors (Lipinski definition) is 1. The van der Waals surface area contributed by atoms with Gasteiger partial charge in [0.1, 0.15) is 10.8 Å². The minimum atomic E-state index is 0.850. The number of aryl methyl sites for hydroxylation is 2. The first-order valence-corrected chi connectivity index (χ1v) is 6.94. The number of benzene rings is 1. The number of thiazole rings is 1. The zero-order valence-corrected chi connectivity index (χ0v) is 11.4. The highest BCUT2D eigenvalue weighted by Gasteiger charge is 2.20. The molecule has 0 aliphatic heterocycles. The molecule has 1 aliphatic carbocycles. The molecule has 4 heteroatoms. The molecular weight excluding hydrogens is 244 g/mol. The minimum Gasteiger partial charge on any atom is -0.497 e. The van der Waals surface area contributed by atoms with E-state index in [1.54, 1.807) is 7.11 Å². The lowest BCUT2D eigenvalue weighted by Gasteiger charge is -2.15. The van der Waals surface area contributed by atoms with Crippen molar-refractivity contribution in [1.29, 1.82) is 0 Å². The molecule has 0 spiro atoms. The summed E-state index contributed by atoms with van der Waals surface area (Å²) in [6.45, 7) is 0.850. The van der Waals surface area contributed by atoms with Crippen molar-refractivity contribution in [2.45, 2.75) is 19.4 Å². The summed E-state index contributed by atoms with van der Waals surface area (Å²) in [6.07, 6.45) is 2.18. The Kier molecular flexibility index (Phi) is 3.06. The molecule has 1 heterocycles. The van der Waals surface area contributed by atoms with Crippen LogP contribution in [0.1, 0.15) is 15.4 Å². The van der Waals surface area contributed by atoms with Crippen LogP contribution in [0.2, 0.25) is 0 Å². The van der Waals surface area contributed by atoms with Crippen LogP contribution in [0.25, 0.3) is 11.3 Å². The fraction of sp³-hybridized carbons (Fsp3) is 0.357. The van der Waals surface area contributed by atoms with Crippen LogP contribution in [0, 0.1) is 0 Å². The first kappa shape index (κ1) is 11.7. The van der Waals surface area contributed by atoms with Crippen LogP contribution in [0.15, 0.2) is 18.2 Å². The van der Waals surface area contributed by atoms with Crippen molar-refractivity contribution in [3.63, 3.8) is 0 Å². The largest absolute Gasteiger partial charge is 0.497 e. The zero-order chi connectivity index (χ0) is 12.5. The maximum atomic E-state index is 5.28. The number of rotatable bonds is 3. The molecule has 2 aromatic rings. The third-order valence-electron chi connectivity index (χ3n) is 3.26. The standard InChI is InChI=1S/C14H16N2OS/c1-15-8-13-16-14-11-5-4-10(17-2)7-9(11)3-6-12(14)18-13/h4-5,7,15H,3,6,8H2,1-2H3. The lowest BCUT2D eigenvalue weighted by Crippen LogP contribution is -2.04. The molecule has 1 aliphatic rings. The van der Waals surface area contributed by atoms with Gasteiger partial charge in [-0.05, 0) is 43.7 Å². The van der Waals surface area contributed by atoms with E-state index in [1.165, 1.54) is 26.7 Å². The maximum Gasteiger partial charge on any atom is 0.119 e. The highest BCUT2D eigenvalue weighted by molar-refractivity contribution is 7.12. The predicted molar refractivity (Wildman–Crippen MR) is 74.3 cm³/mol. The average Bonchev–Trinajstić information content (AvgIpc) is 2.81. The second kappa shape index (κ2) is 4.71. The van der Waals surface area contributed by atoms with Gasteiger partial charge in [0.15, 0.2) is 0 Å². The molecule has 0 saturated carbocycles. The van der Waals surface area contributed by atoms with Crippen LogP contribution in [0.3, 0.4) is 0 Å². The maximum absolute atomic E-state index is 5.28. The van der Waals surface area contributed by atoms with Crippen molar-refractivity contribution >= 4 is 11.3 Å². The van der Waals surface area contributed by atoms with Gasteiger partial charge in [0.25, 0.3) is 0 Å². The predicted octanol–water partition coefficient (Wildman–Crippen LogP) is 2.64. The van der Waals surface area contributed by atoms with Gasteiger partial charge >= 0.3 is 0 Å². The highest BCUT2D eigenvalue weighted by atomic mass is 32.1. The summed E-state index contributed by atoms with van der Waals surface area (Å²) in [5.74, 6) is 0.933. The number of fused-ring (bicyclic) bond motifs is 3. The molecule has 94 valence electrons. The van der Waals surface area contributed by atoms with E-state index in [0.29, 0.717) is 0 Å². The van der Waals surface area contributed by atoms with Crippen molar-refractivity contribution < 1.29 is 4.74 Å². The average molecular weight is 260 g/mol. The molecule has 1 aromatic heterocycles. The van der Waals surface area contributed by atoms with Gasteiger partial charge in [-0.15, -0.1) is 11.3 Å². The molecule has 0 fully saturated rings. The smallest absolute Gasteiger partial charge is 0.119 e. The van der Waals surface area contributed by atoms with Crippen LogP contribution in [-0.2, 0) is 19.4 Å². The second-order valence-electron chi connectivity index (χ2n) is 4.43. The van der Waals surface area contributed by atoms with Gasteiger partial charge in [-0.1, -0.05) is 0 Å². The first-order chi connectivity index (χ1) is 8.81. The summed E-state index contributed by atoms with van der Waals surface area (Å²) in [4.78, 5) is 6.17. The van der Waals surface area contributed by atoms with E-state index < -0.39 is 0 Å². The zero-order valence-electron chi connectivity index (χ0n) is 10.6. The Hall–Kier alpha value is -1.39. The minimum absolute atomic E-state index is 0.850. The Morgan fingerprint density at radius 3 is 3.06 bits per heavy atom. The third-order valence-corrected chi connectivity index (χ3v) is 4.37. The Bertz CT molecular complexity index is 577. The molecular formula is C14H16N2OS. The molecule has 3 rings (SSSR count). The molecule has 0 unspecified atom stereocenters. The lowest BCUT2D eigenvalue weighted by molar-refractivity contribution is 0.414. The monoisotopic (exact) mass is 260 g/mol. The van der Waals surface area contributed by atoms with Crippen LogP contribution < -0.4 is 10.1 Å². The topological polar surface area (TPSA) is 34.2 Å². The second-order valence-corrected chi connectivity index (χ2v) is 5.60. The molecule has 1 N–H and O–H groups in total. The van der Waals surface area contributed by atoms with Gasteiger partial charge in [-0.2, -0.15) is 0 Å². The fourth-order valence-electron chi connectivity index (χ4n) is 2.39. The van der Waals surface area contributed by atoms with Crippen molar-refractivity contribution in [3.05, 3.63) is 33.6 Å². The van der Waals surface area contributed by atoms with Gasteiger partial charge < -0.3 is 10.1 Å². The molecule has 18 heavy (non-hydrogen) atoms. The van der Waals surface area contributed by atoms with Gasteiger partial charge in [0, 0.05) is 17.0 Å². The van der Waals surface area contributed by atoms with Crippen molar-refractivity contribution in [2.75, 3.05) is 14.2 Å². The fourth-order valence-corrected chi connectivity index (χ4v) is 3.48. The van der Waals surface area contributed by atoms with Gasteiger partial charge in [0.2, 0.25) is 0 Å². The Morgan fingerprint density at radius 1 is 1.39 bits per heavy atom. The van der Waals surface area contributed by atoms with E-state index in [2.05, 4.69) is 17.4 Å². The molecule has 0 atom stereocenters. The van der Waals surface area contributed by atoms with E-state index >= 15 is 0 Å². The number of nitrogens with one attached hydrogen (secondary N) is 1. The number of hydrogen-bond acceptors (Lipinski definition) is 4. The van der Waals surface area contributed by atoms with E-state index in [4.69, 9.17) is 9.72 Å². The van der Waals surface area contributed by atoms with Crippen LogP contribution >= 0.6 is 11.3 Å².